The van der Waals surface area contributed by atoms with E-state index in [4.69, 9.17) is 4.74 Å². The van der Waals surface area contributed by atoms with Gasteiger partial charge in [-0.3, -0.25) is 4.79 Å². The third-order valence-electron chi connectivity index (χ3n) is 5.51. The number of benzene rings is 3. The van der Waals surface area contributed by atoms with Crippen molar-refractivity contribution in [3.63, 3.8) is 0 Å². The predicted octanol–water partition coefficient (Wildman–Crippen LogP) is 3.94. The second-order valence-corrected chi connectivity index (χ2v) is 9.52. The first-order chi connectivity index (χ1) is 16.2. The number of rotatable bonds is 6. The quantitative estimate of drug-likeness (QED) is 0.536. The summed E-state index contributed by atoms with van der Waals surface area (Å²) in [6.07, 6.45) is 0. The molecular weight excluding hydrogens is 461 g/mol. The third-order valence-corrected chi connectivity index (χ3v) is 7.40. The zero-order valence-corrected chi connectivity index (χ0v) is 18.8. The number of carbonyl (C=O) groups is 2. The summed E-state index contributed by atoms with van der Waals surface area (Å²) in [5.41, 5.74) is 1.14. The van der Waals surface area contributed by atoms with Gasteiger partial charge in [-0.2, -0.15) is 0 Å². The van der Waals surface area contributed by atoms with Gasteiger partial charge in [0.05, 0.1) is 23.6 Å². The Morgan fingerprint density at radius 3 is 2.21 bits per heavy atom. The fourth-order valence-corrected chi connectivity index (χ4v) is 5.50. The molecule has 0 fully saturated rings. The lowest BCUT2D eigenvalue weighted by Crippen LogP contribution is -2.30. The summed E-state index contributed by atoms with van der Waals surface area (Å²) in [5.74, 6) is -2.79. The van der Waals surface area contributed by atoms with Gasteiger partial charge < -0.3 is 14.7 Å². The van der Waals surface area contributed by atoms with Crippen molar-refractivity contribution in [1.82, 2.24) is 4.90 Å². The maximum atomic E-state index is 13.5. The molecule has 1 N–H and O–H groups in total. The zero-order valence-electron chi connectivity index (χ0n) is 18.0. The van der Waals surface area contributed by atoms with E-state index in [-0.39, 0.29) is 17.0 Å². The molecule has 7 nitrogen and oxygen atoms in total. The summed E-state index contributed by atoms with van der Waals surface area (Å²) >= 11 is 0. The molecule has 0 saturated carbocycles. The van der Waals surface area contributed by atoms with Crippen LogP contribution in [0.25, 0.3) is 0 Å². The Balaban J connectivity index is 1.84. The van der Waals surface area contributed by atoms with Gasteiger partial charge in [-0.05, 0) is 47.5 Å². The van der Waals surface area contributed by atoms with Crippen molar-refractivity contribution in [2.75, 3.05) is 7.11 Å². The molecule has 0 aliphatic carbocycles. The number of esters is 1. The molecule has 0 spiro atoms. The summed E-state index contributed by atoms with van der Waals surface area (Å²) in [7, 11) is -3.03. The van der Waals surface area contributed by atoms with Crippen LogP contribution in [0, 0.1) is 5.82 Å². The molecule has 0 radical (unpaired) electrons. The molecule has 1 heterocycles. The summed E-state index contributed by atoms with van der Waals surface area (Å²) in [6, 6.07) is 17.6. The van der Waals surface area contributed by atoms with Gasteiger partial charge in [-0.15, -0.1) is 0 Å². The van der Waals surface area contributed by atoms with Crippen LogP contribution in [0.5, 0.6) is 0 Å². The van der Waals surface area contributed by atoms with E-state index in [2.05, 4.69) is 0 Å². The third kappa shape index (κ3) is 4.17. The lowest BCUT2D eigenvalue weighted by atomic mass is 10.0. The molecule has 1 amide bonds. The van der Waals surface area contributed by atoms with Crippen LogP contribution in [-0.2, 0) is 25.9 Å². The fourth-order valence-electron chi connectivity index (χ4n) is 3.83. The number of halogens is 1. The molecule has 9 heteroatoms. The number of ether oxygens (including phenoxy) is 1. The summed E-state index contributed by atoms with van der Waals surface area (Å²) < 4.78 is 45.1. The minimum absolute atomic E-state index is 0.0795. The average molecular weight is 482 g/mol. The first-order valence-corrected chi connectivity index (χ1v) is 11.7. The highest BCUT2D eigenvalue weighted by atomic mass is 32.2. The molecule has 3 aromatic rings. The Kier molecular flexibility index (Phi) is 6.21. The van der Waals surface area contributed by atoms with Crippen LogP contribution in [0.3, 0.4) is 0 Å². The van der Waals surface area contributed by atoms with E-state index in [1.807, 2.05) is 0 Å². The lowest BCUT2D eigenvalue weighted by molar-refractivity contribution is -0.130. The molecule has 0 saturated heterocycles. The van der Waals surface area contributed by atoms with Crippen LogP contribution in [0.2, 0.25) is 0 Å². The average Bonchev–Trinajstić information content (AvgIpc) is 3.11. The maximum absolute atomic E-state index is 13.5. The van der Waals surface area contributed by atoms with Crippen molar-refractivity contribution < 1.29 is 32.2 Å². The van der Waals surface area contributed by atoms with Gasteiger partial charge in [0.2, 0.25) is 9.84 Å². The van der Waals surface area contributed by atoms with Crippen molar-refractivity contribution in [1.29, 1.82) is 0 Å². The van der Waals surface area contributed by atoms with Crippen LogP contribution in [0.4, 0.5) is 4.39 Å². The highest BCUT2D eigenvalue weighted by Gasteiger charge is 2.46. The van der Waals surface area contributed by atoms with Crippen molar-refractivity contribution in [3.05, 3.63) is 112 Å². The number of nitrogens with zero attached hydrogens (tertiary/aromatic N) is 1. The molecule has 1 aliphatic heterocycles. The Bertz CT molecular complexity index is 1370. The Hall–Kier alpha value is -3.98. The van der Waals surface area contributed by atoms with Gasteiger partial charge in [-0.1, -0.05) is 42.5 Å². The van der Waals surface area contributed by atoms with E-state index < -0.39 is 44.2 Å². The number of methoxy groups -OCH3 is 1. The number of aliphatic hydroxyl groups is 1. The van der Waals surface area contributed by atoms with Crippen molar-refractivity contribution in [3.8, 4) is 0 Å². The standard InChI is InChI=1S/C25H20FNO6S/c1-33-25(30)18-11-9-17(10-12-18)21-23(34(31,32)20-5-3-2-4-6-20)22(28)24(29)27(21)15-16-7-13-19(26)14-8-16/h2-14,21,28H,15H2,1H3/t21-/m0/s1. The van der Waals surface area contributed by atoms with Crippen LogP contribution in [0.1, 0.15) is 27.5 Å². The monoisotopic (exact) mass is 481 g/mol. The molecule has 3 aromatic carbocycles. The van der Waals surface area contributed by atoms with E-state index in [1.54, 1.807) is 6.07 Å². The summed E-state index contributed by atoms with van der Waals surface area (Å²) in [5, 5.41) is 10.7. The molecule has 1 aliphatic rings. The van der Waals surface area contributed by atoms with E-state index in [9.17, 15) is 27.5 Å². The van der Waals surface area contributed by atoms with Crippen LogP contribution in [-0.4, -0.2) is 37.4 Å². The second-order valence-electron chi connectivity index (χ2n) is 7.60. The highest BCUT2D eigenvalue weighted by Crippen LogP contribution is 2.43. The first kappa shape index (κ1) is 23.2. The summed E-state index contributed by atoms with van der Waals surface area (Å²) in [6.45, 7) is -0.0829. The lowest BCUT2D eigenvalue weighted by Gasteiger charge is -2.27. The van der Waals surface area contributed by atoms with Crippen LogP contribution < -0.4 is 0 Å². The predicted molar refractivity (Wildman–Crippen MR) is 121 cm³/mol. The Labute approximate surface area is 195 Å². The van der Waals surface area contributed by atoms with E-state index in [0.717, 1.165) is 0 Å². The van der Waals surface area contributed by atoms with Gasteiger partial charge in [0.15, 0.2) is 5.76 Å². The number of sulfone groups is 1. The maximum Gasteiger partial charge on any atom is 0.337 e. The molecule has 0 aromatic heterocycles. The molecule has 34 heavy (non-hydrogen) atoms. The molecule has 0 unspecified atom stereocenters. The molecule has 0 bridgehead atoms. The Morgan fingerprint density at radius 1 is 1.00 bits per heavy atom. The van der Waals surface area contributed by atoms with Gasteiger partial charge in [-0.25, -0.2) is 17.6 Å². The minimum atomic E-state index is -4.27. The van der Waals surface area contributed by atoms with Crippen molar-refractivity contribution >= 4 is 21.7 Å². The molecular formula is C25H20FNO6S. The zero-order chi connectivity index (χ0) is 24.5. The molecule has 4 rings (SSSR count). The SMILES string of the molecule is COC(=O)c1ccc([C@H]2C(S(=O)(=O)c3ccccc3)=C(O)C(=O)N2Cc2ccc(F)cc2)cc1. The number of hydrogen-bond acceptors (Lipinski definition) is 6. The number of carbonyl (C=O) groups excluding carboxylic acids is 2. The van der Waals surface area contributed by atoms with Gasteiger partial charge in [0.25, 0.3) is 5.91 Å². The van der Waals surface area contributed by atoms with E-state index in [0.29, 0.717) is 11.1 Å². The number of amides is 1. The van der Waals surface area contributed by atoms with Gasteiger partial charge >= 0.3 is 5.97 Å². The van der Waals surface area contributed by atoms with Gasteiger partial charge in [0, 0.05) is 6.54 Å². The normalized spacial score (nSPS) is 16.1. The number of hydrogen-bond donors (Lipinski definition) is 1. The van der Waals surface area contributed by atoms with Crippen LogP contribution in [0.15, 0.2) is 94.4 Å². The largest absolute Gasteiger partial charge is 0.502 e. The second kappa shape index (κ2) is 9.11. The molecule has 1 atom stereocenters. The number of aliphatic hydroxyl groups excluding tert-OH is 1. The van der Waals surface area contributed by atoms with E-state index >= 15 is 0 Å². The molecule has 174 valence electrons. The smallest absolute Gasteiger partial charge is 0.337 e. The van der Waals surface area contributed by atoms with E-state index in [1.165, 1.54) is 84.8 Å². The van der Waals surface area contributed by atoms with Gasteiger partial charge in [0.1, 0.15) is 10.7 Å². The minimum Gasteiger partial charge on any atom is -0.502 e. The topological polar surface area (TPSA) is 101 Å². The highest BCUT2D eigenvalue weighted by molar-refractivity contribution is 7.95. The Morgan fingerprint density at radius 2 is 1.62 bits per heavy atom. The van der Waals surface area contributed by atoms with Crippen molar-refractivity contribution in [2.24, 2.45) is 0 Å². The van der Waals surface area contributed by atoms with Crippen LogP contribution >= 0.6 is 0 Å². The fraction of sp³-hybridized carbons (Fsp3) is 0.120. The summed E-state index contributed by atoms with van der Waals surface area (Å²) in [4.78, 5) is 25.6. The first-order valence-electron chi connectivity index (χ1n) is 10.2. The van der Waals surface area contributed by atoms with Crippen molar-refractivity contribution in [2.45, 2.75) is 17.5 Å².